The molecule has 0 unspecified atom stereocenters. The van der Waals surface area contributed by atoms with Crippen molar-refractivity contribution in [1.29, 1.82) is 0 Å². The summed E-state index contributed by atoms with van der Waals surface area (Å²) in [5.41, 5.74) is 3.02. The molecular formula is C19H16ClN3O2. The van der Waals surface area contributed by atoms with E-state index in [1.807, 2.05) is 26.0 Å². The first-order valence-electron chi connectivity index (χ1n) is 7.69. The number of halogens is 1. The van der Waals surface area contributed by atoms with E-state index in [1.165, 1.54) is 6.92 Å². The molecule has 0 saturated carbocycles. The topological polar surface area (TPSA) is 65.0 Å². The molecule has 0 atom stereocenters. The van der Waals surface area contributed by atoms with Gasteiger partial charge in [-0.05, 0) is 51.1 Å². The van der Waals surface area contributed by atoms with Gasteiger partial charge in [0.2, 0.25) is 5.88 Å². The van der Waals surface area contributed by atoms with Crippen molar-refractivity contribution in [3.63, 3.8) is 0 Å². The Morgan fingerprint density at radius 1 is 1.08 bits per heavy atom. The Labute approximate surface area is 150 Å². The summed E-state index contributed by atoms with van der Waals surface area (Å²) in [6.45, 7) is 5.28. The van der Waals surface area contributed by atoms with Gasteiger partial charge in [-0.3, -0.25) is 9.78 Å². The van der Waals surface area contributed by atoms with Crippen LogP contribution in [0.15, 0.2) is 42.7 Å². The van der Waals surface area contributed by atoms with E-state index in [4.69, 9.17) is 16.3 Å². The largest absolute Gasteiger partial charge is 0.437 e. The molecule has 25 heavy (non-hydrogen) atoms. The Morgan fingerprint density at radius 3 is 2.44 bits per heavy atom. The molecule has 0 spiro atoms. The van der Waals surface area contributed by atoms with Crippen LogP contribution in [-0.2, 0) is 0 Å². The molecule has 0 aliphatic rings. The first-order chi connectivity index (χ1) is 12.0. The smallest absolute Gasteiger partial charge is 0.226 e. The van der Waals surface area contributed by atoms with Crippen molar-refractivity contribution in [3.05, 3.63) is 64.6 Å². The van der Waals surface area contributed by atoms with Gasteiger partial charge in [0.15, 0.2) is 11.6 Å². The summed E-state index contributed by atoms with van der Waals surface area (Å²) in [4.78, 5) is 24.5. The highest BCUT2D eigenvalue weighted by atomic mass is 35.5. The van der Waals surface area contributed by atoms with Crippen molar-refractivity contribution in [3.8, 4) is 23.0 Å². The molecule has 0 amide bonds. The van der Waals surface area contributed by atoms with Gasteiger partial charge in [-0.25, -0.2) is 4.98 Å². The second kappa shape index (κ2) is 6.99. The molecule has 126 valence electrons. The Kier molecular flexibility index (Phi) is 4.76. The molecule has 2 aromatic heterocycles. The number of Topliss-reactive ketones (excluding diaryl/α,β-unsaturated/α-hetero) is 1. The fraction of sp³-hybridized carbons (Fsp3) is 0.158. The van der Waals surface area contributed by atoms with Gasteiger partial charge >= 0.3 is 0 Å². The monoisotopic (exact) mass is 353 g/mol. The summed E-state index contributed by atoms with van der Waals surface area (Å²) >= 11 is 6.24. The summed E-state index contributed by atoms with van der Waals surface area (Å²) in [5, 5.41) is 0.355. The number of hydrogen-bond donors (Lipinski definition) is 0. The van der Waals surface area contributed by atoms with E-state index in [1.54, 1.807) is 30.6 Å². The third-order valence-corrected chi connectivity index (χ3v) is 4.12. The van der Waals surface area contributed by atoms with Gasteiger partial charge in [0.1, 0.15) is 5.75 Å². The normalized spacial score (nSPS) is 10.6. The molecule has 1 aromatic carbocycles. The Hall–Kier alpha value is -2.79. The van der Waals surface area contributed by atoms with Crippen molar-refractivity contribution in [2.24, 2.45) is 0 Å². The van der Waals surface area contributed by atoms with Crippen LogP contribution < -0.4 is 4.74 Å². The van der Waals surface area contributed by atoms with Crippen LogP contribution >= 0.6 is 11.6 Å². The minimum absolute atomic E-state index is 0.0533. The lowest BCUT2D eigenvalue weighted by Crippen LogP contribution is -2.01. The van der Waals surface area contributed by atoms with Crippen LogP contribution in [-0.4, -0.2) is 20.7 Å². The van der Waals surface area contributed by atoms with Crippen LogP contribution in [0.4, 0.5) is 0 Å². The fourth-order valence-corrected chi connectivity index (χ4v) is 2.46. The summed E-state index contributed by atoms with van der Waals surface area (Å²) in [5.74, 6) is 1.37. The molecule has 6 heteroatoms. The first kappa shape index (κ1) is 17.0. The second-order valence-electron chi connectivity index (χ2n) is 5.60. The van der Waals surface area contributed by atoms with Crippen LogP contribution in [0.25, 0.3) is 11.4 Å². The number of aryl methyl sites for hydroxylation is 1. The number of aromatic nitrogens is 3. The average Bonchev–Trinajstić information content (AvgIpc) is 2.61. The maximum Gasteiger partial charge on any atom is 0.226 e. The number of ketones is 1. The summed E-state index contributed by atoms with van der Waals surface area (Å²) in [7, 11) is 0. The van der Waals surface area contributed by atoms with Gasteiger partial charge in [0.25, 0.3) is 0 Å². The van der Waals surface area contributed by atoms with Gasteiger partial charge < -0.3 is 4.74 Å². The number of hydrogen-bond acceptors (Lipinski definition) is 5. The summed E-state index contributed by atoms with van der Waals surface area (Å²) in [6, 6.07) is 8.61. The maximum absolute atomic E-state index is 11.4. The van der Waals surface area contributed by atoms with Crippen molar-refractivity contribution < 1.29 is 9.53 Å². The first-order valence-corrected chi connectivity index (χ1v) is 8.07. The van der Waals surface area contributed by atoms with Gasteiger partial charge in [-0.2, -0.15) is 4.98 Å². The highest BCUT2D eigenvalue weighted by molar-refractivity contribution is 6.32. The van der Waals surface area contributed by atoms with E-state index in [-0.39, 0.29) is 5.78 Å². The molecule has 0 aliphatic heterocycles. The molecule has 0 N–H and O–H groups in total. The lowest BCUT2D eigenvalue weighted by atomic mass is 10.1. The zero-order valence-electron chi connectivity index (χ0n) is 14.1. The minimum atomic E-state index is -0.0533. The highest BCUT2D eigenvalue weighted by Gasteiger charge is 2.14. The molecule has 0 aliphatic carbocycles. The number of pyridine rings is 1. The van der Waals surface area contributed by atoms with Gasteiger partial charge in [-0.15, -0.1) is 0 Å². The predicted octanol–water partition coefficient (Wildman–Crippen LogP) is 4.80. The predicted molar refractivity (Wildman–Crippen MR) is 96.3 cm³/mol. The highest BCUT2D eigenvalue weighted by Crippen LogP contribution is 2.32. The van der Waals surface area contributed by atoms with Crippen LogP contribution in [0.3, 0.4) is 0 Å². The number of carbonyl (C=O) groups excluding carboxylic acids is 1. The standard InChI is InChI=1S/C19H16ClN3O2/c1-11-12(2)22-18(14-6-8-21-9-7-14)23-19(11)25-17-5-4-15(13(3)24)10-16(17)20/h4-10H,1-3H3. The van der Waals surface area contributed by atoms with Gasteiger partial charge in [0.05, 0.1) is 5.02 Å². The fourth-order valence-electron chi connectivity index (χ4n) is 2.24. The lowest BCUT2D eigenvalue weighted by Gasteiger charge is -2.12. The SMILES string of the molecule is CC(=O)c1ccc(Oc2nc(-c3ccncc3)nc(C)c2C)c(Cl)c1. The average molecular weight is 354 g/mol. The Bertz CT molecular complexity index is 943. The lowest BCUT2D eigenvalue weighted by molar-refractivity contribution is 0.101. The molecule has 0 bridgehead atoms. The molecule has 5 nitrogen and oxygen atoms in total. The molecule has 3 aromatic rings. The number of nitrogens with zero attached hydrogens (tertiary/aromatic N) is 3. The third-order valence-electron chi connectivity index (χ3n) is 3.83. The van der Waals surface area contributed by atoms with Crippen molar-refractivity contribution in [2.45, 2.75) is 20.8 Å². The van der Waals surface area contributed by atoms with E-state index >= 15 is 0 Å². The minimum Gasteiger partial charge on any atom is -0.437 e. The molecule has 3 rings (SSSR count). The second-order valence-corrected chi connectivity index (χ2v) is 6.01. The van der Waals surface area contributed by atoms with Crippen LogP contribution in [0.5, 0.6) is 11.6 Å². The van der Waals surface area contributed by atoms with E-state index in [9.17, 15) is 4.79 Å². The van der Waals surface area contributed by atoms with Crippen LogP contribution in [0, 0.1) is 13.8 Å². The van der Waals surface area contributed by atoms with Crippen molar-refractivity contribution in [2.75, 3.05) is 0 Å². The molecule has 0 fully saturated rings. The van der Waals surface area contributed by atoms with E-state index in [0.717, 1.165) is 16.8 Å². The van der Waals surface area contributed by atoms with E-state index in [2.05, 4.69) is 15.0 Å². The quantitative estimate of drug-likeness (QED) is 0.630. The summed E-state index contributed by atoms with van der Waals surface area (Å²) < 4.78 is 5.91. The molecule has 2 heterocycles. The van der Waals surface area contributed by atoms with Gasteiger partial charge in [0, 0.05) is 34.8 Å². The maximum atomic E-state index is 11.4. The number of benzene rings is 1. The summed E-state index contributed by atoms with van der Waals surface area (Å²) in [6.07, 6.45) is 3.37. The van der Waals surface area contributed by atoms with E-state index < -0.39 is 0 Å². The Morgan fingerprint density at radius 2 is 1.80 bits per heavy atom. The molecule has 0 radical (unpaired) electrons. The zero-order valence-corrected chi connectivity index (χ0v) is 14.8. The number of ether oxygens (including phenoxy) is 1. The van der Waals surface area contributed by atoms with Crippen LogP contribution in [0.2, 0.25) is 5.02 Å². The van der Waals surface area contributed by atoms with Gasteiger partial charge in [-0.1, -0.05) is 11.6 Å². The van der Waals surface area contributed by atoms with Crippen molar-refractivity contribution in [1.82, 2.24) is 15.0 Å². The van der Waals surface area contributed by atoms with E-state index in [0.29, 0.717) is 28.0 Å². The van der Waals surface area contributed by atoms with Crippen molar-refractivity contribution >= 4 is 17.4 Å². The molecule has 0 saturated heterocycles. The number of carbonyl (C=O) groups is 1. The Balaban J connectivity index is 2.00. The number of rotatable bonds is 4. The molecular weight excluding hydrogens is 338 g/mol. The zero-order chi connectivity index (χ0) is 18.0. The third kappa shape index (κ3) is 3.67. The van der Waals surface area contributed by atoms with Crippen LogP contribution in [0.1, 0.15) is 28.5 Å².